The van der Waals surface area contributed by atoms with E-state index in [1.807, 2.05) is 0 Å². The average molecular weight is 413 g/mol. The molecule has 0 unspecified atom stereocenters. The van der Waals surface area contributed by atoms with Gasteiger partial charge in [0, 0.05) is 17.7 Å². The summed E-state index contributed by atoms with van der Waals surface area (Å²) in [5, 5.41) is 7.12. The molecule has 28 heavy (non-hydrogen) atoms. The van der Waals surface area contributed by atoms with Crippen molar-refractivity contribution in [2.24, 2.45) is 0 Å². The van der Waals surface area contributed by atoms with Gasteiger partial charge in [-0.2, -0.15) is 13.2 Å². The fraction of sp³-hybridized carbons (Fsp3) is 0.200. The minimum Gasteiger partial charge on any atom is -0.488 e. The lowest BCUT2D eigenvalue weighted by molar-refractivity contribution is -0.275. The summed E-state index contributed by atoms with van der Waals surface area (Å²) in [6, 6.07) is 8.54. The van der Waals surface area contributed by atoms with Gasteiger partial charge in [0.25, 0.3) is 0 Å². The molecule has 0 spiro atoms. The maximum Gasteiger partial charge on any atom is 0.573 e. The van der Waals surface area contributed by atoms with Crippen molar-refractivity contribution in [3.63, 3.8) is 0 Å². The van der Waals surface area contributed by atoms with E-state index in [1.54, 1.807) is 6.07 Å². The van der Waals surface area contributed by atoms with Gasteiger partial charge in [0.05, 0.1) is 0 Å². The Morgan fingerprint density at radius 3 is 2.00 bits per heavy atom. The van der Waals surface area contributed by atoms with Crippen LogP contribution in [0.5, 0.6) is 11.5 Å². The van der Waals surface area contributed by atoms with Gasteiger partial charge >= 0.3 is 18.5 Å². The van der Waals surface area contributed by atoms with Crippen LogP contribution in [0.1, 0.15) is 5.56 Å². The molecule has 0 radical (unpaired) electrons. The number of rotatable bonds is 4. The number of hydrogen-bond donors (Lipinski definition) is 3. The molecular weight excluding hydrogens is 400 g/mol. The van der Waals surface area contributed by atoms with Crippen LogP contribution in [0.3, 0.4) is 0 Å². The molecule has 0 aliphatic carbocycles. The molecule has 1 heterocycles. The van der Waals surface area contributed by atoms with Crippen LogP contribution >= 0.6 is 0 Å². The Labute approximate surface area is 153 Å². The second-order valence-corrected chi connectivity index (χ2v) is 4.90. The van der Waals surface area contributed by atoms with Crippen molar-refractivity contribution in [2.75, 3.05) is 11.5 Å². The average Bonchev–Trinajstić information content (AvgIpc) is 2.51. The van der Waals surface area contributed by atoms with Gasteiger partial charge in [0.1, 0.15) is 29.7 Å². The highest BCUT2D eigenvalue weighted by Gasteiger charge is 2.38. The number of carboxylic acid groups (broad SMARTS) is 1. The third-order valence-corrected chi connectivity index (χ3v) is 2.67. The zero-order chi connectivity index (χ0) is 21.5. The third-order valence-electron chi connectivity index (χ3n) is 2.67. The number of carbonyl (C=O) groups is 1. The molecule has 2 aromatic rings. The van der Waals surface area contributed by atoms with Gasteiger partial charge < -0.3 is 26.0 Å². The van der Waals surface area contributed by atoms with Gasteiger partial charge in [-0.05, 0) is 6.07 Å². The van der Waals surface area contributed by atoms with Crippen molar-refractivity contribution in [3.8, 4) is 11.5 Å². The van der Waals surface area contributed by atoms with Gasteiger partial charge in [0.15, 0.2) is 0 Å². The second kappa shape index (κ2) is 9.01. The Hall–Kier alpha value is -3.38. The number of hydrogen-bond acceptors (Lipinski definition) is 6. The predicted molar refractivity (Wildman–Crippen MR) is 84.2 cm³/mol. The largest absolute Gasteiger partial charge is 0.573 e. The maximum absolute atomic E-state index is 12.3. The highest BCUT2D eigenvalue weighted by atomic mass is 19.4. The maximum atomic E-state index is 12.3. The quantitative estimate of drug-likeness (QED) is 0.658. The number of nitrogens with two attached hydrogens (primary N) is 2. The number of benzene rings is 1. The summed E-state index contributed by atoms with van der Waals surface area (Å²) >= 11 is 0. The van der Waals surface area contributed by atoms with Crippen LogP contribution in [-0.4, -0.2) is 28.6 Å². The highest BCUT2D eigenvalue weighted by molar-refractivity contribution is 5.73. The van der Waals surface area contributed by atoms with Gasteiger partial charge in [-0.1, -0.05) is 18.2 Å². The molecule has 1 aromatic carbocycles. The van der Waals surface area contributed by atoms with Crippen LogP contribution in [0.15, 0.2) is 36.4 Å². The summed E-state index contributed by atoms with van der Waals surface area (Å²) in [5.41, 5.74) is 11.2. The fourth-order valence-electron chi connectivity index (χ4n) is 1.64. The summed E-state index contributed by atoms with van der Waals surface area (Å²) in [7, 11) is 0. The number of aliphatic carboxylic acids is 1. The minimum atomic E-state index is -5.08. The summed E-state index contributed by atoms with van der Waals surface area (Å²) in [5.74, 6) is -2.45. The first-order valence-electron chi connectivity index (χ1n) is 7.07. The Morgan fingerprint density at radius 1 is 1.04 bits per heavy atom. The van der Waals surface area contributed by atoms with Gasteiger partial charge in [0.2, 0.25) is 0 Å². The predicted octanol–water partition coefficient (Wildman–Crippen LogP) is 3.36. The molecule has 0 atom stereocenters. The number of halogens is 6. The van der Waals surface area contributed by atoms with Gasteiger partial charge in [-0.15, -0.1) is 13.2 Å². The number of nitrogens with zero attached hydrogens (tertiary/aromatic N) is 1. The van der Waals surface area contributed by atoms with Crippen LogP contribution in [-0.2, 0) is 11.4 Å². The Balaban J connectivity index is 0.000000480. The first-order valence-corrected chi connectivity index (χ1v) is 7.07. The zero-order valence-electron chi connectivity index (χ0n) is 13.7. The third kappa shape index (κ3) is 8.33. The molecule has 154 valence electrons. The van der Waals surface area contributed by atoms with Crippen molar-refractivity contribution in [3.05, 3.63) is 42.0 Å². The molecule has 7 nitrogen and oxygen atoms in total. The smallest absolute Gasteiger partial charge is 0.488 e. The van der Waals surface area contributed by atoms with Crippen LogP contribution in [0.4, 0.5) is 38.0 Å². The molecule has 13 heteroatoms. The van der Waals surface area contributed by atoms with Gasteiger partial charge in [-0.25, -0.2) is 9.78 Å². The summed E-state index contributed by atoms with van der Waals surface area (Å²) in [6.07, 6.45) is -9.85. The lowest BCUT2D eigenvalue weighted by Gasteiger charge is -2.14. The normalized spacial score (nSPS) is 11.2. The van der Waals surface area contributed by atoms with E-state index >= 15 is 0 Å². The Kier molecular flexibility index (Phi) is 7.29. The molecule has 0 bridgehead atoms. The van der Waals surface area contributed by atoms with Crippen LogP contribution < -0.4 is 20.9 Å². The van der Waals surface area contributed by atoms with E-state index in [0.717, 1.165) is 0 Å². The molecule has 0 saturated heterocycles. The molecular formula is C15H13F6N3O4. The van der Waals surface area contributed by atoms with Crippen molar-refractivity contribution >= 4 is 17.6 Å². The number of pyridine rings is 1. The molecule has 0 fully saturated rings. The van der Waals surface area contributed by atoms with E-state index in [9.17, 15) is 26.3 Å². The Morgan fingerprint density at radius 2 is 1.54 bits per heavy atom. The van der Waals surface area contributed by atoms with Crippen molar-refractivity contribution in [1.29, 1.82) is 0 Å². The van der Waals surface area contributed by atoms with Crippen molar-refractivity contribution in [2.45, 2.75) is 19.1 Å². The number of para-hydroxylation sites is 1. The molecule has 1 aromatic heterocycles. The molecule has 2 rings (SSSR count). The summed E-state index contributed by atoms with van der Waals surface area (Å²) in [4.78, 5) is 12.7. The topological polar surface area (TPSA) is 121 Å². The molecule has 0 aliphatic rings. The molecule has 0 saturated carbocycles. The number of nitrogen functional groups attached to an aromatic ring is 2. The lowest BCUT2D eigenvalue weighted by atomic mass is 10.2. The van der Waals surface area contributed by atoms with E-state index in [0.29, 0.717) is 5.75 Å². The highest BCUT2D eigenvalue weighted by Crippen LogP contribution is 2.27. The number of alkyl halides is 6. The van der Waals surface area contributed by atoms with E-state index < -0.39 is 18.5 Å². The molecule has 5 N–H and O–H groups in total. The van der Waals surface area contributed by atoms with Crippen molar-refractivity contribution < 1.29 is 45.7 Å². The minimum absolute atomic E-state index is 0.130. The monoisotopic (exact) mass is 413 g/mol. The SMILES string of the molecule is Nc1cc(OCc2ccccc2OC(F)(F)F)cc(N)n1.O=C(O)C(F)(F)F. The standard InChI is InChI=1S/C13H12F3N3O2.C2HF3O2/c14-13(15,16)21-10-4-2-1-3-8(10)7-20-9-5-11(17)19-12(18)6-9;3-2(4,5)1(6)7/h1-6H,7H2,(H4,17,18,19);(H,6,7). The number of carboxylic acids is 1. The number of anilines is 2. The van der Waals surface area contributed by atoms with E-state index in [4.69, 9.17) is 26.1 Å². The van der Waals surface area contributed by atoms with E-state index in [1.165, 1.54) is 30.3 Å². The van der Waals surface area contributed by atoms with Crippen LogP contribution in [0, 0.1) is 0 Å². The number of ether oxygens (including phenoxy) is 2. The fourth-order valence-corrected chi connectivity index (χ4v) is 1.64. The Bertz CT molecular complexity index is 791. The summed E-state index contributed by atoms with van der Waals surface area (Å²) < 4.78 is 77.9. The molecule has 0 aliphatic heterocycles. The van der Waals surface area contributed by atoms with Crippen molar-refractivity contribution in [1.82, 2.24) is 4.98 Å². The van der Waals surface area contributed by atoms with Crippen LogP contribution in [0.2, 0.25) is 0 Å². The van der Waals surface area contributed by atoms with E-state index in [-0.39, 0.29) is 29.6 Å². The second-order valence-electron chi connectivity index (χ2n) is 4.90. The van der Waals surface area contributed by atoms with Crippen LogP contribution in [0.25, 0.3) is 0 Å². The molecule has 0 amide bonds. The van der Waals surface area contributed by atoms with E-state index in [2.05, 4.69) is 9.72 Å². The lowest BCUT2D eigenvalue weighted by Crippen LogP contribution is -2.21. The number of aromatic nitrogens is 1. The summed E-state index contributed by atoms with van der Waals surface area (Å²) in [6.45, 7) is -0.130. The zero-order valence-corrected chi connectivity index (χ0v) is 13.7. The van der Waals surface area contributed by atoms with Gasteiger partial charge in [-0.3, -0.25) is 0 Å². The first-order chi connectivity index (χ1) is 12.8. The first kappa shape index (κ1) is 22.7.